The summed E-state index contributed by atoms with van der Waals surface area (Å²) < 4.78 is 12.0. The largest absolute Gasteiger partial charge is 0.481 e. The highest BCUT2D eigenvalue weighted by Gasteiger charge is 2.78. The number of aliphatic hydroxyl groups is 1. The molecule has 4 aliphatic heterocycles. The standard InChI is InChI=1S/C29H39N3O7/c1-3-11-31(13-12-30-14-16-38-17-15-30)26(35)24-29-10-9-28(2,39-29)23(27(36)37)22(29)25(34)32(24)21(19-33)18-20-7-5-4-6-8-20/h3-8,21-24,33H,1,9-19H2,2H3,(H,36,37)/t21-,22+,23-,24?,28+,29?/m1/s1. The zero-order chi connectivity index (χ0) is 27.8. The predicted octanol–water partition coefficient (Wildman–Crippen LogP) is 0.786. The fraction of sp³-hybridized carbons (Fsp3) is 0.621. The molecule has 4 saturated heterocycles. The van der Waals surface area contributed by atoms with Gasteiger partial charge < -0.3 is 29.5 Å². The van der Waals surface area contributed by atoms with Crippen LogP contribution in [0.5, 0.6) is 0 Å². The number of rotatable bonds is 11. The summed E-state index contributed by atoms with van der Waals surface area (Å²) in [4.78, 5) is 46.5. The van der Waals surface area contributed by atoms with Gasteiger partial charge in [-0.25, -0.2) is 0 Å². The maximum Gasteiger partial charge on any atom is 0.310 e. The van der Waals surface area contributed by atoms with Crippen molar-refractivity contribution in [2.45, 2.75) is 49.5 Å². The smallest absolute Gasteiger partial charge is 0.310 e. The number of likely N-dealkylation sites (tertiary alicyclic amines) is 1. The fourth-order valence-corrected chi connectivity index (χ4v) is 7.26. The lowest BCUT2D eigenvalue weighted by Crippen LogP contribution is -2.59. The van der Waals surface area contributed by atoms with E-state index in [1.54, 1.807) is 17.9 Å². The van der Waals surface area contributed by atoms with Crippen molar-refractivity contribution in [2.24, 2.45) is 11.8 Å². The Morgan fingerprint density at radius 3 is 2.59 bits per heavy atom. The van der Waals surface area contributed by atoms with Gasteiger partial charge in [-0.3, -0.25) is 19.3 Å². The van der Waals surface area contributed by atoms with Crippen molar-refractivity contribution in [3.8, 4) is 0 Å². The van der Waals surface area contributed by atoms with Crippen LogP contribution in [0.1, 0.15) is 25.3 Å². The van der Waals surface area contributed by atoms with E-state index in [4.69, 9.17) is 9.47 Å². The van der Waals surface area contributed by atoms with E-state index in [2.05, 4.69) is 11.5 Å². The Morgan fingerprint density at radius 2 is 1.95 bits per heavy atom. The Labute approximate surface area is 229 Å². The molecule has 212 valence electrons. The second kappa shape index (κ2) is 11.0. The molecule has 10 heteroatoms. The molecule has 4 aliphatic rings. The molecule has 0 radical (unpaired) electrons. The zero-order valence-corrected chi connectivity index (χ0v) is 22.5. The van der Waals surface area contributed by atoms with Crippen molar-refractivity contribution in [2.75, 3.05) is 52.5 Å². The van der Waals surface area contributed by atoms with Crippen LogP contribution in [0.15, 0.2) is 43.0 Å². The van der Waals surface area contributed by atoms with Crippen LogP contribution in [0.25, 0.3) is 0 Å². The summed E-state index contributed by atoms with van der Waals surface area (Å²) in [7, 11) is 0. The number of aliphatic carboxylic acids is 1. The van der Waals surface area contributed by atoms with E-state index in [0.717, 1.165) is 18.7 Å². The number of ether oxygens (including phenoxy) is 2. The fourth-order valence-electron chi connectivity index (χ4n) is 7.26. The minimum absolute atomic E-state index is 0.282. The number of carboxylic acid groups (broad SMARTS) is 1. The van der Waals surface area contributed by atoms with Crippen LogP contribution in [0.3, 0.4) is 0 Å². The van der Waals surface area contributed by atoms with Crippen LogP contribution >= 0.6 is 0 Å². The first kappa shape index (κ1) is 27.8. The summed E-state index contributed by atoms with van der Waals surface area (Å²) in [6, 6.07) is 7.74. The molecule has 1 aromatic rings. The van der Waals surface area contributed by atoms with Gasteiger partial charge in [-0.2, -0.15) is 0 Å². The quantitative estimate of drug-likeness (QED) is 0.395. The lowest BCUT2D eigenvalue weighted by molar-refractivity contribution is -0.158. The number of morpholine rings is 1. The highest BCUT2D eigenvalue weighted by Crippen LogP contribution is 2.63. The Balaban J connectivity index is 1.51. The van der Waals surface area contributed by atoms with Gasteiger partial charge in [-0.15, -0.1) is 6.58 Å². The van der Waals surface area contributed by atoms with E-state index in [0.29, 0.717) is 45.6 Å². The number of fused-ring (bicyclic) bond motifs is 1. The molecular formula is C29H39N3O7. The molecule has 2 N–H and O–H groups in total. The molecule has 10 nitrogen and oxygen atoms in total. The van der Waals surface area contributed by atoms with E-state index in [1.165, 1.54) is 4.90 Å². The van der Waals surface area contributed by atoms with E-state index in [9.17, 15) is 24.6 Å². The Morgan fingerprint density at radius 1 is 1.23 bits per heavy atom. The SMILES string of the molecule is C=CCN(CCN1CCOCC1)C(=O)C1N([C@@H](CO)Cc2ccccc2)C(=O)[C@@H]2[C@H](C(=O)O)[C@]3(C)CCC12O3. The molecular weight excluding hydrogens is 502 g/mol. The lowest BCUT2D eigenvalue weighted by Gasteiger charge is -2.40. The first-order valence-electron chi connectivity index (χ1n) is 13.9. The molecule has 0 aromatic heterocycles. The van der Waals surface area contributed by atoms with Crippen LogP contribution in [-0.4, -0.2) is 119 Å². The minimum Gasteiger partial charge on any atom is -0.481 e. The van der Waals surface area contributed by atoms with Gasteiger partial charge in [0.1, 0.15) is 11.6 Å². The Kier molecular flexibility index (Phi) is 7.83. The molecule has 4 fully saturated rings. The number of carbonyl (C=O) groups is 3. The van der Waals surface area contributed by atoms with Crippen LogP contribution in [-0.2, 0) is 30.3 Å². The van der Waals surface area contributed by atoms with Crippen molar-refractivity contribution in [3.05, 3.63) is 48.6 Å². The number of aliphatic hydroxyl groups excluding tert-OH is 1. The predicted molar refractivity (Wildman–Crippen MR) is 142 cm³/mol. The summed E-state index contributed by atoms with van der Waals surface area (Å²) in [6.07, 6.45) is 2.85. The second-order valence-electron chi connectivity index (χ2n) is 11.4. The highest BCUT2D eigenvalue weighted by molar-refractivity contribution is 5.98. The molecule has 2 unspecified atom stereocenters. The van der Waals surface area contributed by atoms with Gasteiger partial charge in [0.25, 0.3) is 0 Å². The zero-order valence-electron chi connectivity index (χ0n) is 22.5. The second-order valence-corrected chi connectivity index (χ2v) is 11.4. The number of hydrogen-bond donors (Lipinski definition) is 2. The number of amides is 2. The van der Waals surface area contributed by atoms with Crippen molar-refractivity contribution in [1.29, 1.82) is 0 Å². The highest BCUT2D eigenvalue weighted by atomic mass is 16.5. The average molecular weight is 542 g/mol. The summed E-state index contributed by atoms with van der Waals surface area (Å²) in [6.45, 7) is 9.42. The van der Waals surface area contributed by atoms with Crippen LogP contribution in [0, 0.1) is 11.8 Å². The van der Waals surface area contributed by atoms with Gasteiger partial charge in [0, 0.05) is 32.7 Å². The van der Waals surface area contributed by atoms with E-state index < -0.39 is 47.0 Å². The van der Waals surface area contributed by atoms with Gasteiger partial charge in [0.05, 0.1) is 43.3 Å². The summed E-state index contributed by atoms with van der Waals surface area (Å²) in [5, 5.41) is 20.7. The Hall–Kier alpha value is -2.79. The van der Waals surface area contributed by atoms with Gasteiger partial charge in [-0.1, -0.05) is 36.4 Å². The number of carbonyl (C=O) groups excluding carboxylic acids is 2. The molecule has 6 atom stereocenters. The van der Waals surface area contributed by atoms with Crippen molar-refractivity contribution >= 4 is 17.8 Å². The lowest BCUT2D eigenvalue weighted by atomic mass is 9.66. The topological polar surface area (TPSA) is 120 Å². The van der Waals surface area contributed by atoms with Crippen molar-refractivity contribution in [3.63, 3.8) is 0 Å². The monoisotopic (exact) mass is 541 g/mol. The first-order chi connectivity index (χ1) is 18.8. The van der Waals surface area contributed by atoms with E-state index >= 15 is 0 Å². The van der Waals surface area contributed by atoms with Crippen molar-refractivity contribution < 1.29 is 34.1 Å². The molecule has 4 heterocycles. The maximum absolute atomic E-state index is 14.5. The number of nitrogens with zero attached hydrogens (tertiary/aromatic N) is 3. The minimum atomic E-state index is -1.26. The van der Waals surface area contributed by atoms with Gasteiger partial charge >= 0.3 is 5.97 Å². The number of carboxylic acids is 1. The number of benzene rings is 1. The van der Waals surface area contributed by atoms with Gasteiger partial charge in [-0.05, 0) is 31.7 Å². The molecule has 1 spiro atoms. The maximum atomic E-state index is 14.5. The van der Waals surface area contributed by atoms with Crippen molar-refractivity contribution in [1.82, 2.24) is 14.7 Å². The molecule has 0 saturated carbocycles. The molecule has 2 amide bonds. The molecule has 0 aliphatic carbocycles. The van der Waals surface area contributed by atoms with Crippen LogP contribution in [0.4, 0.5) is 0 Å². The van der Waals surface area contributed by atoms with Crippen LogP contribution in [0.2, 0.25) is 0 Å². The molecule has 2 bridgehead atoms. The summed E-state index contributed by atoms with van der Waals surface area (Å²) in [5.74, 6) is -3.86. The van der Waals surface area contributed by atoms with E-state index in [1.807, 2.05) is 30.3 Å². The summed E-state index contributed by atoms with van der Waals surface area (Å²) >= 11 is 0. The molecule has 5 rings (SSSR count). The van der Waals surface area contributed by atoms with E-state index in [-0.39, 0.29) is 19.1 Å². The van der Waals surface area contributed by atoms with Crippen LogP contribution < -0.4 is 0 Å². The average Bonchev–Trinajstić information content (AvgIpc) is 3.51. The molecule has 1 aromatic carbocycles. The summed E-state index contributed by atoms with van der Waals surface area (Å²) in [5.41, 5.74) is -1.37. The first-order valence-corrected chi connectivity index (χ1v) is 13.9. The molecule has 39 heavy (non-hydrogen) atoms. The van der Waals surface area contributed by atoms with Gasteiger partial charge in [0.2, 0.25) is 11.8 Å². The Bertz CT molecular complexity index is 1090. The normalized spacial score (nSPS) is 32.7. The third-order valence-electron chi connectivity index (χ3n) is 9.08. The third kappa shape index (κ3) is 4.77. The van der Waals surface area contributed by atoms with Gasteiger partial charge in [0.15, 0.2) is 0 Å². The number of hydrogen-bond acceptors (Lipinski definition) is 7. The third-order valence-corrected chi connectivity index (χ3v) is 9.08.